The number of rotatable bonds is 1. The Morgan fingerprint density at radius 2 is 1.86 bits per heavy atom. The average Bonchev–Trinajstić information content (AvgIpc) is 2.36. The van der Waals surface area contributed by atoms with Crippen LogP contribution in [0.5, 0.6) is 0 Å². The highest BCUT2D eigenvalue weighted by Gasteiger charge is 2.34. The maximum Gasteiger partial charge on any atom is 0.416 e. The highest BCUT2D eigenvalue weighted by molar-refractivity contribution is 5.83. The third-order valence-electron chi connectivity index (χ3n) is 3.13. The van der Waals surface area contributed by atoms with Crippen molar-refractivity contribution in [2.45, 2.75) is 40.2 Å². The Morgan fingerprint density at radius 1 is 1.23 bits per heavy atom. The molecule has 1 unspecified atom stereocenters. The Bertz CT molecular complexity index is 642. The number of anilines is 1. The Labute approximate surface area is 126 Å². The summed E-state index contributed by atoms with van der Waals surface area (Å²) in [5.41, 5.74) is 1.97. The highest BCUT2D eigenvalue weighted by Crippen LogP contribution is 2.39. The van der Waals surface area contributed by atoms with Crippen molar-refractivity contribution in [2.75, 3.05) is 5.32 Å². The van der Waals surface area contributed by atoms with Gasteiger partial charge in [-0.05, 0) is 45.9 Å². The molecule has 1 aliphatic rings. The van der Waals surface area contributed by atoms with Gasteiger partial charge < -0.3 is 10.4 Å². The van der Waals surface area contributed by atoms with Crippen molar-refractivity contribution in [1.82, 2.24) is 5.01 Å². The summed E-state index contributed by atoms with van der Waals surface area (Å²) in [6, 6.07) is 3.39. The predicted molar refractivity (Wildman–Crippen MR) is 80.0 cm³/mol. The molecule has 0 amide bonds. The summed E-state index contributed by atoms with van der Waals surface area (Å²) in [5.74, 6) is 0. The van der Waals surface area contributed by atoms with E-state index in [1.807, 2.05) is 0 Å². The van der Waals surface area contributed by atoms with Crippen LogP contribution in [0.1, 0.15) is 38.8 Å². The van der Waals surface area contributed by atoms with Crippen molar-refractivity contribution in [2.24, 2.45) is 5.10 Å². The monoisotopic (exact) mass is 313 g/mol. The summed E-state index contributed by atoms with van der Waals surface area (Å²) in [6.07, 6.45) is -5.56. The number of benzene rings is 1. The minimum Gasteiger partial charge on any atom is -0.355 e. The fourth-order valence-electron chi connectivity index (χ4n) is 2.31. The third-order valence-corrected chi connectivity index (χ3v) is 3.13. The number of hydrazone groups is 1. The normalized spacial score (nSPS) is 17.7. The van der Waals surface area contributed by atoms with Crippen LogP contribution in [0.2, 0.25) is 0 Å². The van der Waals surface area contributed by atoms with Gasteiger partial charge in [-0.2, -0.15) is 18.3 Å². The van der Waals surface area contributed by atoms with Crippen molar-refractivity contribution in [1.29, 1.82) is 0 Å². The van der Waals surface area contributed by atoms with E-state index < -0.39 is 18.1 Å². The van der Waals surface area contributed by atoms with E-state index in [2.05, 4.69) is 10.4 Å². The summed E-state index contributed by atoms with van der Waals surface area (Å²) >= 11 is 0. The number of nitrogens with one attached hydrogen (secondary N) is 1. The Balaban J connectivity index is 2.65. The molecule has 0 spiro atoms. The molecule has 0 radical (unpaired) electrons. The van der Waals surface area contributed by atoms with Crippen LogP contribution in [0.15, 0.2) is 28.9 Å². The molecule has 120 valence electrons. The third kappa shape index (κ3) is 3.09. The van der Waals surface area contributed by atoms with Gasteiger partial charge in [-0.15, -0.1) is 0 Å². The lowest BCUT2D eigenvalue weighted by Crippen LogP contribution is -2.40. The molecule has 0 saturated heterocycles. The van der Waals surface area contributed by atoms with Crippen molar-refractivity contribution >= 4 is 17.1 Å². The van der Waals surface area contributed by atoms with Gasteiger partial charge in [-0.1, -0.05) is 5.57 Å². The first-order valence-electron chi connectivity index (χ1n) is 6.76. The smallest absolute Gasteiger partial charge is 0.355 e. The number of aliphatic hydroxyl groups excluding tert-OH is 1. The number of nitrogens with zero attached hydrogens (tertiary/aromatic N) is 2. The van der Waals surface area contributed by atoms with Crippen molar-refractivity contribution < 1.29 is 18.3 Å². The van der Waals surface area contributed by atoms with Crippen molar-refractivity contribution in [3.8, 4) is 0 Å². The molecule has 22 heavy (non-hydrogen) atoms. The SMILES string of the molecule is CC(C)=NN1C(=C(C)C)c2cc(C(F)(F)F)ccc2NC1O. The van der Waals surface area contributed by atoms with E-state index in [4.69, 9.17) is 0 Å². The van der Waals surface area contributed by atoms with Crippen molar-refractivity contribution in [3.63, 3.8) is 0 Å². The van der Waals surface area contributed by atoms with Gasteiger partial charge >= 0.3 is 6.18 Å². The van der Waals surface area contributed by atoms with Gasteiger partial charge in [0.05, 0.1) is 11.3 Å². The van der Waals surface area contributed by atoms with Crippen LogP contribution in [0.25, 0.3) is 5.70 Å². The Kier molecular flexibility index (Phi) is 4.19. The van der Waals surface area contributed by atoms with E-state index in [-0.39, 0.29) is 0 Å². The first kappa shape index (κ1) is 16.4. The van der Waals surface area contributed by atoms with Gasteiger partial charge in [0.15, 0.2) is 0 Å². The topological polar surface area (TPSA) is 47.9 Å². The van der Waals surface area contributed by atoms with Gasteiger partial charge in [-0.25, -0.2) is 5.01 Å². The van der Waals surface area contributed by atoms with Gasteiger partial charge in [0, 0.05) is 17.0 Å². The van der Waals surface area contributed by atoms with Crippen LogP contribution in [0.4, 0.5) is 18.9 Å². The number of aliphatic hydroxyl groups is 1. The summed E-state index contributed by atoms with van der Waals surface area (Å²) in [4.78, 5) is 0. The standard InChI is InChI=1S/C15H18F3N3O/c1-8(2)13-11-7-10(15(16,17)18)5-6-12(11)19-14(22)21(13)20-9(3)4/h5-7,14,19,22H,1-4H3. The first-order valence-corrected chi connectivity index (χ1v) is 6.76. The van der Waals surface area contributed by atoms with E-state index in [0.29, 0.717) is 22.7 Å². The summed E-state index contributed by atoms with van der Waals surface area (Å²) in [5, 5.41) is 18.4. The van der Waals surface area contributed by atoms with Crippen LogP contribution in [0.3, 0.4) is 0 Å². The second-order valence-electron chi connectivity index (χ2n) is 5.52. The van der Waals surface area contributed by atoms with Gasteiger partial charge in [0.2, 0.25) is 6.35 Å². The van der Waals surface area contributed by atoms with E-state index in [1.54, 1.807) is 27.7 Å². The van der Waals surface area contributed by atoms with Crippen LogP contribution < -0.4 is 5.32 Å². The van der Waals surface area contributed by atoms with Crippen LogP contribution in [-0.4, -0.2) is 22.2 Å². The molecule has 1 heterocycles. The maximum absolute atomic E-state index is 12.9. The summed E-state index contributed by atoms with van der Waals surface area (Å²) in [6.45, 7) is 7.03. The molecule has 0 bridgehead atoms. The molecule has 1 aliphatic heterocycles. The van der Waals surface area contributed by atoms with E-state index in [9.17, 15) is 18.3 Å². The van der Waals surface area contributed by atoms with Crippen LogP contribution in [-0.2, 0) is 6.18 Å². The summed E-state index contributed by atoms with van der Waals surface area (Å²) in [7, 11) is 0. The van der Waals surface area contributed by atoms with Gasteiger partial charge in [-0.3, -0.25) is 0 Å². The zero-order valence-corrected chi connectivity index (χ0v) is 12.8. The first-order chi connectivity index (χ1) is 10.1. The van der Waals surface area contributed by atoms with Gasteiger partial charge in [0.1, 0.15) is 0 Å². The van der Waals surface area contributed by atoms with E-state index in [0.717, 1.165) is 17.7 Å². The predicted octanol–water partition coefficient (Wildman–Crippen LogP) is 3.86. The number of hydrogen-bond donors (Lipinski definition) is 2. The van der Waals surface area contributed by atoms with Crippen LogP contribution in [0, 0.1) is 0 Å². The molecule has 4 nitrogen and oxygen atoms in total. The molecule has 2 rings (SSSR count). The zero-order valence-electron chi connectivity index (χ0n) is 12.8. The molecule has 0 aliphatic carbocycles. The molecular weight excluding hydrogens is 295 g/mol. The lowest BCUT2D eigenvalue weighted by atomic mass is 10.0. The molecule has 0 fully saturated rings. The second-order valence-corrected chi connectivity index (χ2v) is 5.52. The lowest BCUT2D eigenvalue weighted by molar-refractivity contribution is -0.137. The second kappa shape index (κ2) is 5.64. The molecule has 2 N–H and O–H groups in total. The minimum absolute atomic E-state index is 0.366. The number of hydrogen-bond acceptors (Lipinski definition) is 4. The van der Waals surface area contributed by atoms with Gasteiger partial charge in [0.25, 0.3) is 0 Å². The molecule has 7 heteroatoms. The largest absolute Gasteiger partial charge is 0.416 e. The number of fused-ring (bicyclic) bond motifs is 1. The number of alkyl halides is 3. The number of halogens is 3. The quantitative estimate of drug-likeness (QED) is 0.774. The van der Waals surface area contributed by atoms with Crippen LogP contribution >= 0.6 is 0 Å². The highest BCUT2D eigenvalue weighted by atomic mass is 19.4. The average molecular weight is 313 g/mol. The molecule has 1 atom stereocenters. The lowest BCUT2D eigenvalue weighted by Gasteiger charge is -2.36. The summed E-state index contributed by atoms with van der Waals surface area (Å²) < 4.78 is 38.8. The fraction of sp³-hybridized carbons (Fsp3) is 0.400. The zero-order chi connectivity index (χ0) is 16.7. The van der Waals surface area contributed by atoms with E-state index >= 15 is 0 Å². The minimum atomic E-state index is -4.42. The number of allylic oxidation sites excluding steroid dienone is 1. The van der Waals surface area contributed by atoms with E-state index in [1.165, 1.54) is 11.1 Å². The fourth-order valence-corrected chi connectivity index (χ4v) is 2.31. The molecule has 0 saturated carbocycles. The van der Waals surface area contributed by atoms with Crippen molar-refractivity contribution in [3.05, 3.63) is 34.9 Å². The molecular formula is C15H18F3N3O. The Morgan fingerprint density at radius 3 is 2.36 bits per heavy atom. The Hall–Kier alpha value is -2.02. The molecule has 0 aromatic heterocycles. The maximum atomic E-state index is 12.9. The molecule has 1 aromatic rings. The molecule has 1 aromatic carbocycles.